The molecule has 1 amide bonds. The van der Waals surface area contributed by atoms with Crippen LogP contribution in [0.5, 0.6) is 5.75 Å². The number of rotatable bonds is 6. The molecule has 2 aromatic carbocycles. The molecule has 0 radical (unpaired) electrons. The van der Waals surface area contributed by atoms with Crippen LogP contribution >= 0.6 is 27.5 Å². The molecule has 0 spiro atoms. The minimum absolute atomic E-state index is 0.0838. The molecule has 0 aliphatic rings. The SMILES string of the molecule is O=C(COc1ccc(Cl)cc1)Nc1cnn(Cc2ccc(Br)cc2)c1. The van der Waals surface area contributed by atoms with Gasteiger partial charge in [-0.25, -0.2) is 0 Å². The summed E-state index contributed by atoms with van der Waals surface area (Å²) in [6.45, 7) is 0.546. The van der Waals surface area contributed by atoms with Gasteiger partial charge in [-0.2, -0.15) is 5.10 Å². The molecule has 0 fully saturated rings. The second kappa shape index (κ2) is 8.18. The molecule has 1 N–H and O–H groups in total. The normalized spacial score (nSPS) is 10.5. The minimum Gasteiger partial charge on any atom is -0.484 e. The van der Waals surface area contributed by atoms with E-state index in [0.717, 1.165) is 10.0 Å². The van der Waals surface area contributed by atoms with Crippen molar-refractivity contribution in [1.29, 1.82) is 0 Å². The molecular weight excluding hydrogens is 406 g/mol. The van der Waals surface area contributed by atoms with Gasteiger partial charge in [0.2, 0.25) is 0 Å². The van der Waals surface area contributed by atoms with Gasteiger partial charge in [0.25, 0.3) is 5.91 Å². The lowest BCUT2D eigenvalue weighted by molar-refractivity contribution is -0.118. The van der Waals surface area contributed by atoms with Gasteiger partial charge in [0, 0.05) is 15.7 Å². The van der Waals surface area contributed by atoms with Gasteiger partial charge in [-0.1, -0.05) is 39.7 Å². The van der Waals surface area contributed by atoms with Crippen molar-refractivity contribution in [2.75, 3.05) is 11.9 Å². The quantitative estimate of drug-likeness (QED) is 0.644. The number of halogens is 2. The third kappa shape index (κ3) is 5.34. The van der Waals surface area contributed by atoms with Crippen molar-refractivity contribution in [3.8, 4) is 5.75 Å². The molecule has 1 heterocycles. The Bertz CT molecular complexity index is 848. The summed E-state index contributed by atoms with van der Waals surface area (Å²) in [4.78, 5) is 12.0. The monoisotopic (exact) mass is 419 g/mol. The molecule has 0 bridgehead atoms. The zero-order chi connectivity index (χ0) is 17.6. The molecular formula is C18H15BrClN3O2. The highest BCUT2D eigenvalue weighted by Crippen LogP contribution is 2.16. The fourth-order valence-corrected chi connectivity index (χ4v) is 2.56. The van der Waals surface area contributed by atoms with Crippen LogP contribution in [0.15, 0.2) is 65.4 Å². The van der Waals surface area contributed by atoms with Gasteiger partial charge in [-0.05, 0) is 42.0 Å². The van der Waals surface area contributed by atoms with Crippen molar-refractivity contribution in [2.45, 2.75) is 6.54 Å². The van der Waals surface area contributed by atoms with Crippen LogP contribution in [-0.4, -0.2) is 22.3 Å². The molecule has 7 heteroatoms. The number of carbonyl (C=O) groups excluding carboxylic acids is 1. The third-order valence-electron chi connectivity index (χ3n) is 3.36. The van der Waals surface area contributed by atoms with Crippen LogP contribution < -0.4 is 10.1 Å². The Labute approximate surface area is 158 Å². The number of hydrogen-bond acceptors (Lipinski definition) is 3. The predicted molar refractivity (Wildman–Crippen MR) is 101 cm³/mol. The lowest BCUT2D eigenvalue weighted by Crippen LogP contribution is -2.19. The van der Waals surface area contributed by atoms with E-state index in [-0.39, 0.29) is 12.5 Å². The molecule has 0 atom stereocenters. The number of nitrogens with zero attached hydrogens (tertiary/aromatic N) is 2. The first-order valence-corrected chi connectivity index (χ1v) is 8.71. The number of amides is 1. The zero-order valence-electron chi connectivity index (χ0n) is 13.2. The second-order valence-corrected chi connectivity index (χ2v) is 6.70. The number of benzene rings is 2. The minimum atomic E-state index is -0.252. The lowest BCUT2D eigenvalue weighted by atomic mass is 10.2. The van der Waals surface area contributed by atoms with Gasteiger partial charge in [0.15, 0.2) is 6.61 Å². The Morgan fingerprint density at radius 2 is 1.88 bits per heavy atom. The van der Waals surface area contributed by atoms with Crippen LogP contribution in [0.25, 0.3) is 0 Å². The Balaban J connectivity index is 1.51. The average Bonchev–Trinajstić information content (AvgIpc) is 3.03. The van der Waals surface area contributed by atoms with Gasteiger partial charge >= 0.3 is 0 Å². The van der Waals surface area contributed by atoms with Crippen LogP contribution in [0.3, 0.4) is 0 Å². The van der Waals surface area contributed by atoms with Crippen molar-refractivity contribution < 1.29 is 9.53 Å². The smallest absolute Gasteiger partial charge is 0.262 e. The van der Waals surface area contributed by atoms with E-state index >= 15 is 0 Å². The maximum Gasteiger partial charge on any atom is 0.262 e. The highest BCUT2D eigenvalue weighted by Gasteiger charge is 2.06. The Kier molecular flexibility index (Phi) is 5.73. The van der Waals surface area contributed by atoms with E-state index in [9.17, 15) is 4.79 Å². The summed E-state index contributed by atoms with van der Waals surface area (Å²) < 4.78 is 8.20. The first-order valence-electron chi connectivity index (χ1n) is 7.53. The molecule has 25 heavy (non-hydrogen) atoms. The fourth-order valence-electron chi connectivity index (χ4n) is 2.17. The third-order valence-corrected chi connectivity index (χ3v) is 4.14. The van der Waals surface area contributed by atoms with E-state index in [0.29, 0.717) is 23.0 Å². The summed E-state index contributed by atoms with van der Waals surface area (Å²) in [7, 11) is 0. The van der Waals surface area contributed by atoms with E-state index in [1.165, 1.54) is 0 Å². The molecule has 0 unspecified atom stereocenters. The van der Waals surface area contributed by atoms with E-state index in [1.54, 1.807) is 41.3 Å². The molecule has 5 nitrogen and oxygen atoms in total. The van der Waals surface area contributed by atoms with E-state index in [4.69, 9.17) is 16.3 Å². The lowest BCUT2D eigenvalue weighted by Gasteiger charge is -2.06. The number of ether oxygens (including phenoxy) is 1. The fraction of sp³-hybridized carbons (Fsp3) is 0.111. The van der Waals surface area contributed by atoms with Crippen LogP contribution in [0.2, 0.25) is 5.02 Å². The summed E-state index contributed by atoms with van der Waals surface area (Å²) in [5, 5.41) is 7.63. The highest BCUT2D eigenvalue weighted by molar-refractivity contribution is 9.10. The molecule has 0 aliphatic carbocycles. The van der Waals surface area contributed by atoms with Crippen LogP contribution in [-0.2, 0) is 11.3 Å². The van der Waals surface area contributed by atoms with E-state index in [1.807, 2.05) is 24.3 Å². The van der Waals surface area contributed by atoms with Crippen molar-refractivity contribution >= 4 is 39.1 Å². The summed E-state index contributed by atoms with van der Waals surface area (Å²) in [6.07, 6.45) is 3.39. The standard InChI is InChI=1S/C18H15BrClN3O2/c19-14-3-1-13(2-4-14)10-23-11-16(9-21-23)22-18(24)12-25-17-7-5-15(20)6-8-17/h1-9,11H,10,12H2,(H,22,24). The number of nitrogens with one attached hydrogen (secondary N) is 1. The Hall–Kier alpha value is -2.31. The van der Waals surface area contributed by atoms with Gasteiger partial charge in [0.1, 0.15) is 5.75 Å². The summed E-state index contributed by atoms with van der Waals surface area (Å²) in [6, 6.07) is 14.8. The van der Waals surface area contributed by atoms with Crippen molar-refractivity contribution in [3.05, 3.63) is 76.0 Å². The van der Waals surface area contributed by atoms with Gasteiger partial charge < -0.3 is 10.1 Å². The molecule has 3 rings (SSSR count). The number of hydrogen-bond donors (Lipinski definition) is 1. The highest BCUT2D eigenvalue weighted by atomic mass is 79.9. The molecule has 0 saturated heterocycles. The van der Waals surface area contributed by atoms with Gasteiger partial charge in [0.05, 0.1) is 18.4 Å². The first-order chi connectivity index (χ1) is 12.1. The summed E-state index contributed by atoms with van der Waals surface area (Å²) in [5.74, 6) is 0.337. The zero-order valence-corrected chi connectivity index (χ0v) is 15.5. The van der Waals surface area contributed by atoms with Crippen LogP contribution in [0.1, 0.15) is 5.56 Å². The summed E-state index contributed by atoms with van der Waals surface area (Å²) >= 11 is 9.21. The Morgan fingerprint density at radius 1 is 1.16 bits per heavy atom. The Morgan fingerprint density at radius 3 is 2.60 bits per heavy atom. The largest absolute Gasteiger partial charge is 0.484 e. The molecule has 128 valence electrons. The molecule has 0 aliphatic heterocycles. The summed E-state index contributed by atoms with van der Waals surface area (Å²) in [5.41, 5.74) is 1.75. The molecule has 1 aromatic heterocycles. The van der Waals surface area contributed by atoms with Crippen molar-refractivity contribution in [2.24, 2.45) is 0 Å². The van der Waals surface area contributed by atoms with Crippen molar-refractivity contribution in [1.82, 2.24) is 9.78 Å². The maximum atomic E-state index is 12.0. The average molecular weight is 421 g/mol. The van der Waals surface area contributed by atoms with Crippen LogP contribution in [0, 0.1) is 0 Å². The number of anilines is 1. The number of aromatic nitrogens is 2. The predicted octanol–water partition coefficient (Wildman–Crippen LogP) is 4.36. The molecule has 3 aromatic rings. The van der Waals surface area contributed by atoms with Gasteiger partial charge in [-0.15, -0.1) is 0 Å². The van der Waals surface area contributed by atoms with E-state index < -0.39 is 0 Å². The topological polar surface area (TPSA) is 56.1 Å². The second-order valence-electron chi connectivity index (χ2n) is 5.34. The first kappa shape index (κ1) is 17.5. The van der Waals surface area contributed by atoms with Crippen LogP contribution in [0.4, 0.5) is 5.69 Å². The van der Waals surface area contributed by atoms with E-state index in [2.05, 4.69) is 26.3 Å². The van der Waals surface area contributed by atoms with Gasteiger partial charge in [-0.3, -0.25) is 9.48 Å². The van der Waals surface area contributed by atoms with Crippen molar-refractivity contribution in [3.63, 3.8) is 0 Å². The molecule has 0 saturated carbocycles. The number of carbonyl (C=O) groups is 1. The maximum absolute atomic E-state index is 12.0.